The van der Waals surface area contributed by atoms with E-state index in [1.807, 2.05) is 13.8 Å². The van der Waals surface area contributed by atoms with Crippen LogP contribution in [0.25, 0.3) is 0 Å². The Hall–Kier alpha value is -3.40. The standard InChI is InChI=1S/C33H46F3N3O8S/c1-22-19-39(23(2)21-40)32(42)28-18-25(37-31(41)15-16-33(34,35)36)9-14-29(28)47-24(3)8-6-7-17-46-30(22)20-38(4)48(43,44)27-12-10-26(45-5)11-13-27/h9-14,18,22-24,30,40H,6-8,15-17,19-21H2,1-5H3,(H,37,41)/t22-,23-,24+,30+/m0/s1. The Labute approximate surface area is 280 Å². The van der Waals surface area contributed by atoms with Gasteiger partial charge in [-0.05, 0) is 75.6 Å². The first-order valence-electron chi connectivity index (χ1n) is 15.9. The van der Waals surface area contributed by atoms with Crippen LogP contribution in [0.15, 0.2) is 47.4 Å². The second-order valence-corrected chi connectivity index (χ2v) is 14.2. The van der Waals surface area contributed by atoms with Crippen molar-refractivity contribution in [2.24, 2.45) is 5.92 Å². The summed E-state index contributed by atoms with van der Waals surface area (Å²) in [4.78, 5) is 28.0. The molecule has 11 nitrogen and oxygen atoms in total. The van der Waals surface area contributed by atoms with E-state index in [4.69, 9.17) is 14.2 Å². The van der Waals surface area contributed by atoms with Crippen LogP contribution in [0.5, 0.6) is 11.5 Å². The van der Waals surface area contributed by atoms with E-state index < -0.39 is 65.5 Å². The van der Waals surface area contributed by atoms with Gasteiger partial charge in [-0.1, -0.05) is 6.92 Å². The summed E-state index contributed by atoms with van der Waals surface area (Å²) in [7, 11) is -0.960. The lowest BCUT2D eigenvalue weighted by Crippen LogP contribution is -2.48. The highest BCUT2D eigenvalue weighted by atomic mass is 32.2. The predicted octanol–water partition coefficient (Wildman–Crippen LogP) is 5.09. The SMILES string of the molecule is COc1ccc(S(=O)(=O)N(C)C[C@H]2OCCCC[C@@H](C)Oc3ccc(NC(=O)CCC(F)(F)F)cc3C(=O)N([C@@H](C)CO)C[C@@H]2C)cc1. The van der Waals surface area contributed by atoms with Crippen LogP contribution in [-0.2, 0) is 19.6 Å². The number of fused-ring (bicyclic) bond motifs is 1. The number of aliphatic hydroxyl groups excluding tert-OH is 1. The van der Waals surface area contributed by atoms with Crippen molar-refractivity contribution >= 4 is 27.5 Å². The molecule has 1 aliphatic rings. The number of anilines is 1. The molecule has 2 amide bonds. The third-order valence-electron chi connectivity index (χ3n) is 8.18. The quantitative estimate of drug-likeness (QED) is 0.350. The first-order valence-corrected chi connectivity index (χ1v) is 17.3. The molecule has 3 rings (SSSR count). The zero-order chi connectivity index (χ0) is 35.6. The van der Waals surface area contributed by atoms with Crippen molar-refractivity contribution in [1.82, 2.24) is 9.21 Å². The maximum Gasteiger partial charge on any atom is 0.389 e. The molecular formula is C33H46F3N3O8S. The smallest absolute Gasteiger partial charge is 0.389 e. The molecule has 1 heterocycles. The lowest BCUT2D eigenvalue weighted by Gasteiger charge is -2.35. The Morgan fingerprint density at radius 1 is 1.17 bits per heavy atom. The lowest BCUT2D eigenvalue weighted by molar-refractivity contribution is -0.142. The number of benzene rings is 2. The molecule has 0 saturated heterocycles. The van der Waals surface area contributed by atoms with Crippen molar-refractivity contribution in [2.45, 2.75) is 82.2 Å². The summed E-state index contributed by atoms with van der Waals surface area (Å²) in [5, 5.41) is 12.6. The van der Waals surface area contributed by atoms with E-state index in [9.17, 15) is 36.3 Å². The van der Waals surface area contributed by atoms with Crippen LogP contribution < -0.4 is 14.8 Å². The minimum absolute atomic E-state index is 0.0186. The van der Waals surface area contributed by atoms with Gasteiger partial charge in [0, 0.05) is 44.8 Å². The molecule has 0 saturated carbocycles. The van der Waals surface area contributed by atoms with E-state index >= 15 is 0 Å². The van der Waals surface area contributed by atoms with Gasteiger partial charge in [-0.2, -0.15) is 17.5 Å². The maximum absolute atomic E-state index is 14.2. The van der Waals surface area contributed by atoms with Crippen molar-refractivity contribution in [2.75, 3.05) is 45.8 Å². The Morgan fingerprint density at radius 3 is 2.48 bits per heavy atom. The van der Waals surface area contributed by atoms with Gasteiger partial charge < -0.3 is 29.5 Å². The average molecular weight is 702 g/mol. The number of halogens is 3. The normalized spacial score (nSPS) is 20.8. The van der Waals surface area contributed by atoms with Gasteiger partial charge in [-0.3, -0.25) is 9.59 Å². The van der Waals surface area contributed by atoms with E-state index in [0.29, 0.717) is 31.6 Å². The summed E-state index contributed by atoms with van der Waals surface area (Å²) < 4.78 is 83.6. The molecule has 0 aliphatic carbocycles. The molecule has 2 N–H and O–H groups in total. The van der Waals surface area contributed by atoms with Crippen molar-refractivity contribution in [3.63, 3.8) is 0 Å². The third kappa shape index (κ3) is 11.1. The number of ether oxygens (including phenoxy) is 3. The van der Waals surface area contributed by atoms with Crippen LogP contribution in [-0.4, -0.2) is 99.4 Å². The largest absolute Gasteiger partial charge is 0.497 e. The molecule has 1 aliphatic heterocycles. The minimum atomic E-state index is -4.50. The van der Waals surface area contributed by atoms with E-state index in [1.165, 1.54) is 53.7 Å². The number of aliphatic hydroxyl groups is 1. The summed E-state index contributed by atoms with van der Waals surface area (Å²) in [5.41, 5.74) is 0.166. The van der Waals surface area contributed by atoms with Crippen LogP contribution >= 0.6 is 0 Å². The summed E-state index contributed by atoms with van der Waals surface area (Å²) in [5.74, 6) is -1.10. The van der Waals surface area contributed by atoms with Gasteiger partial charge in [0.05, 0.1) is 48.8 Å². The number of likely N-dealkylation sites (N-methyl/N-ethyl adjacent to an activating group) is 1. The summed E-state index contributed by atoms with van der Waals surface area (Å²) in [6, 6.07) is 9.64. The molecule has 15 heteroatoms. The van der Waals surface area contributed by atoms with Crippen LogP contribution in [0.3, 0.4) is 0 Å². The fourth-order valence-corrected chi connectivity index (χ4v) is 6.40. The Morgan fingerprint density at radius 2 is 1.85 bits per heavy atom. The van der Waals surface area contributed by atoms with Gasteiger partial charge in [0.2, 0.25) is 15.9 Å². The molecule has 2 aromatic rings. The molecule has 2 aromatic carbocycles. The molecule has 4 atom stereocenters. The van der Waals surface area contributed by atoms with Gasteiger partial charge in [-0.25, -0.2) is 8.42 Å². The zero-order valence-electron chi connectivity index (χ0n) is 28.0. The number of sulfonamides is 1. The lowest BCUT2D eigenvalue weighted by atomic mass is 10.0. The molecule has 0 spiro atoms. The molecule has 0 radical (unpaired) electrons. The van der Waals surface area contributed by atoms with E-state index in [-0.39, 0.29) is 41.1 Å². The van der Waals surface area contributed by atoms with Crippen molar-refractivity contribution in [1.29, 1.82) is 0 Å². The zero-order valence-corrected chi connectivity index (χ0v) is 28.8. The number of methoxy groups -OCH3 is 1. The fourth-order valence-electron chi connectivity index (χ4n) is 5.22. The van der Waals surface area contributed by atoms with Crippen LogP contribution in [0, 0.1) is 5.92 Å². The van der Waals surface area contributed by atoms with Crippen molar-refractivity contribution in [3.8, 4) is 11.5 Å². The average Bonchev–Trinajstić information content (AvgIpc) is 3.04. The Kier molecular flexibility index (Phi) is 14.1. The molecule has 0 aromatic heterocycles. The molecular weight excluding hydrogens is 655 g/mol. The summed E-state index contributed by atoms with van der Waals surface area (Å²) in [6.07, 6.45) is -5.55. The number of hydrogen-bond donors (Lipinski definition) is 2. The van der Waals surface area contributed by atoms with E-state index in [0.717, 1.165) is 0 Å². The minimum Gasteiger partial charge on any atom is -0.497 e. The van der Waals surface area contributed by atoms with Crippen molar-refractivity contribution < 1.29 is 50.5 Å². The Balaban J connectivity index is 1.93. The highest BCUT2D eigenvalue weighted by molar-refractivity contribution is 7.89. The summed E-state index contributed by atoms with van der Waals surface area (Å²) in [6.45, 7) is 5.30. The van der Waals surface area contributed by atoms with Gasteiger partial charge in [0.15, 0.2) is 0 Å². The topological polar surface area (TPSA) is 135 Å². The molecule has 0 fully saturated rings. The molecule has 48 heavy (non-hydrogen) atoms. The van der Waals surface area contributed by atoms with Crippen LogP contribution in [0.4, 0.5) is 18.9 Å². The van der Waals surface area contributed by atoms with Crippen molar-refractivity contribution in [3.05, 3.63) is 48.0 Å². The second kappa shape index (κ2) is 17.3. The second-order valence-electron chi connectivity index (χ2n) is 12.1. The fraction of sp³-hybridized carbons (Fsp3) is 0.576. The number of amides is 2. The number of hydrogen-bond acceptors (Lipinski definition) is 8. The highest BCUT2D eigenvalue weighted by Crippen LogP contribution is 2.29. The molecule has 0 bridgehead atoms. The van der Waals surface area contributed by atoms with Crippen LogP contribution in [0.1, 0.15) is 63.2 Å². The molecule has 268 valence electrons. The first kappa shape index (κ1) is 39.0. The van der Waals surface area contributed by atoms with E-state index in [1.54, 1.807) is 19.1 Å². The highest BCUT2D eigenvalue weighted by Gasteiger charge is 2.33. The Bertz CT molecular complexity index is 1470. The number of rotatable bonds is 10. The predicted molar refractivity (Wildman–Crippen MR) is 174 cm³/mol. The maximum atomic E-state index is 14.2. The number of alkyl halides is 3. The van der Waals surface area contributed by atoms with Gasteiger partial charge in [0.1, 0.15) is 11.5 Å². The number of nitrogens with one attached hydrogen (secondary N) is 1. The van der Waals surface area contributed by atoms with Crippen LogP contribution in [0.2, 0.25) is 0 Å². The first-order chi connectivity index (χ1) is 22.5. The summed E-state index contributed by atoms with van der Waals surface area (Å²) >= 11 is 0. The number of nitrogens with zero attached hydrogens (tertiary/aromatic N) is 2. The molecule has 0 unspecified atom stereocenters. The van der Waals surface area contributed by atoms with Gasteiger partial charge >= 0.3 is 6.18 Å². The number of carbonyl (C=O) groups excluding carboxylic acids is 2. The third-order valence-corrected chi connectivity index (χ3v) is 10.0. The van der Waals surface area contributed by atoms with E-state index in [2.05, 4.69) is 5.32 Å². The van der Waals surface area contributed by atoms with Gasteiger partial charge in [-0.15, -0.1) is 0 Å². The monoisotopic (exact) mass is 701 g/mol. The van der Waals surface area contributed by atoms with Gasteiger partial charge in [0.25, 0.3) is 5.91 Å². The number of carbonyl (C=O) groups is 2.